The molecular weight excluding hydrogens is 267 g/mol. The van der Waals surface area contributed by atoms with E-state index in [0.717, 1.165) is 25.1 Å². The lowest BCUT2D eigenvalue weighted by molar-refractivity contribution is 0.628. The number of hydrogen-bond acceptors (Lipinski definition) is 4. The molecule has 0 fully saturated rings. The summed E-state index contributed by atoms with van der Waals surface area (Å²) in [6.45, 7) is 5.00. The van der Waals surface area contributed by atoms with Crippen LogP contribution in [0.15, 0.2) is 30.3 Å². The summed E-state index contributed by atoms with van der Waals surface area (Å²) < 4.78 is 13.2. The molecule has 0 spiro atoms. The minimum Gasteiger partial charge on any atom is -0.344 e. The first-order chi connectivity index (χ1) is 10.1. The number of aromatic nitrogens is 2. The molecule has 21 heavy (non-hydrogen) atoms. The third-order valence-corrected chi connectivity index (χ3v) is 3.13. The van der Waals surface area contributed by atoms with Crippen LogP contribution >= 0.6 is 0 Å². The highest BCUT2D eigenvalue weighted by Crippen LogP contribution is 2.18. The Bertz CT molecular complexity index is 601. The van der Waals surface area contributed by atoms with Crippen molar-refractivity contribution in [3.63, 3.8) is 0 Å². The van der Waals surface area contributed by atoms with Gasteiger partial charge in [0.1, 0.15) is 11.6 Å². The molecule has 0 amide bonds. The average molecular weight is 288 g/mol. The quantitative estimate of drug-likeness (QED) is 0.875. The van der Waals surface area contributed by atoms with Gasteiger partial charge in [-0.1, -0.05) is 19.4 Å². The molecule has 1 aromatic carbocycles. The fraction of sp³-hybridized carbons (Fsp3) is 0.375. The lowest BCUT2D eigenvalue weighted by Crippen LogP contribution is -2.21. The highest BCUT2D eigenvalue weighted by molar-refractivity contribution is 5.57. The number of halogens is 1. The van der Waals surface area contributed by atoms with Gasteiger partial charge in [-0.25, -0.2) is 9.37 Å². The normalized spacial score (nSPS) is 10.5. The standard InChI is InChI=1S/C16H21FN4/c1-4-5-9-21(3)16-18-12(2)10-15(20-16)19-14-8-6-7-13(17)11-14/h6-8,10-11H,4-5,9H2,1-3H3,(H,18,19,20). The molecule has 2 rings (SSSR count). The van der Waals surface area contributed by atoms with E-state index in [1.54, 1.807) is 12.1 Å². The van der Waals surface area contributed by atoms with Crippen molar-refractivity contribution in [2.45, 2.75) is 26.7 Å². The summed E-state index contributed by atoms with van der Waals surface area (Å²) in [6, 6.07) is 8.18. The Labute approximate surface area is 125 Å². The smallest absolute Gasteiger partial charge is 0.227 e. The van der Waals surface area contributed by atoms with E-state index < -0.39 is 0 Å². The van der Waals surface area contributed by atoms with Crippen molar-refractivity contribution in [2.75, 3.05) is 23.8 Å². The first kappa shape index (κ1) is 15.2. The average Bonchev–Trinajstić information content (AvgIpc) is 2.44. The van der Waals surface area contributed by atoms with Crippen molar-refractivity contribution in [2.24, 2.45) is 0 Å². The van der Waals surface area contributed by atoms with Gasteiger partial charge in [-0.05, 0) is 31.5 Å². The molecule has 0 saturated carbocycles. The second kappa shape index (κ2) is 7.02. The molecule has 0 aliphatic carbocycles. The first-order valence-corrected chi connectivity index (χ1v) is 7.18. The summed E-state index contributed by atoms with van der Waals surface area (Å²) in [5.74, 6) is 1.08. The van der Waals surface area contributed by atoms with E-state index in [9.17, 15) is 4.39 Å². The second-order valence-electron chi connectivity index (χ2n) is 5.11. The summed E-state index contributed by atoms with van der Waals surface area (Å²) >= 11 is 0. The molecule has 1 heterocycles. The maximum Gasteiger partial charge on any atom is 0.227 e. The topological polar surface area (TPSA) is 41.1 Å². The Kier molecular flexibility index (Phi) is 5.09. The van der Waals surface area contributed by atoms with Crippen molar-refractivity contribution in [1.82, 2.24) is 9.97 Å². The predicted octanol–water partition coefficient (Wildman–Crippen LogP) is 3.90. The maximum absolute atomic E-state index is 13.2. The van der Waals surface area contributed by atoms with Gasteiger partial charge in [0.15, 0.2) is 0 Å². The van der Waals surface area contributed by atoms with Crippen LogP contribution in [0.25, 0.3) is 0 Å². The minimum absolute atomic E-state index is 0.272. The van der Waals surface area contributed by atoms with E-state index >= 15 is 0 Å². The van der Waals surface area contributed by atoms with Crippen LogP contribution in [0.5, 0.6) is 0 Å². The number of anilines is 3. The summed E-state index contributed by atoms with van der Waals surface area (Å²) in [6.07, 6.45) is 2.23. The second-order valence-corrected chi connectivity index (χ2v) is 5.11. The van der Waals surface area contributed by atoms with Crippen LogP contribution in [-0.2, 0) is 0 Å². The van der Waals surface area contributed by atoms with Gasteiger partial charge in [-0.3, -0.25) is 0 Å². The van der Waals surface area contributed by atoms with Crippen molar-refractivity contribution in [3.05, 3.63) is 41.8 Å². The van der Waals surface area contributed by atoms with E-state index in [1.165, 1.54) is 12.1 Å². The Morgan fingerprint density at radius 2 is 2.05 bits per heavy atom. The van der Waals surface area contributed by atoms with Crippen LogP contribution in [0.4, 0.5) is 21.8 Å². The van der Waals surface area contributed by atoms with E-state index in [2.05, 4.69) is 22.2 Å². The number of nitrogens with one attached hydrogen (secondary N) is 1. The Morgan fingerprint density at radius 1 is 1.24 bits per heavy atom. The molecular formula is C16H21FN4. The van der Waals surface area contributed by atoms with E-state index in [4.69, 9.17) is 0 Å². The Balaban J connectivity index is 2.18. The zero-order valence-electron chi connectivity index (χ0n) is 12.7. The van der Waals surface area contributed by atoms with Crippen LogP contribution in [0.1, 0.15) is 25.5 Å². The van der Waals surface area contributed by atoms with Crippen LogP contribution in [-0.4, -0.2) is 23.6 Å². The fourth-order valence-corrected chi connectivity index (χ4v) is 2.00. The SMILES string of the molecule is CCCCN(C)c1nc(C)cc(Nc2cccc(F)c2)n1. The number of rotatable bonds is 6. The molecule has 0 radical (unpaired) electrons. The number of benzene rings is 1. The summed E-state index contributed by atoms with van der Waals surface area (Å²) in [4.78, 5) is 11.0. The zero-order chi connectivity index (χ0) is 15.2. The van der Waals surface area contributed by atoms with Gasteiger partial charge >= 0.3 is 0 Å². The third-order valence-electron chi connectivity index (χ3n) is 3.13. The summed E-state index contributed by atoms with van der Waals surface area (Å²) in [5, 5.41) is 3.12. The van der Waals surface area contributed by atoms with Crippen LogP contribution in [0.3, 0.4) is 0 Å². The largest absolute Gasteiger partial charge is 0.344 e. The van der Waals surface area contributed by atoms with E-state index in [-0.39, 0.29) is 5.82 Å². The van der Waals surface area contributed by atoms with Gasteiger partial charge in [0.2, 0.25) is 5.95 Å². The molecule has 4 nitrogen and oxygen atoms in total. The molecule has 0 saturated heterocycles. The highest BCUT2D eigenvalue weighted by atomic mass is 19.1. The molecule has 0 atom stereocenters. The Morgan fingerprint density at radius 3 is 2.76 bits per heavy atom. The molecule has 1 N–H and O–H groups in total. The molecule has 1 aromatic heterocycles. The van der Waals surface area contributed by atoms with Gasteiger partial charge in [0.25, 0.3) is 0 Å². The molecule has 2 aromatic rings. The molecule has 5 heteroatoms. The number of unbranched alkanes of at least 4 members (excludes halogenated alkanes) is 1. The molecule has 0 bridgehead atoms. The first-order valence-electron chi connectivity index (χ1n) is 7.18. The van der Waals surface area contributed by atoms with E-state index in [0.29, 0.717) is 17.5 Å². The van der Waals surface area contributed by atoms with Crippen molar-refractivity contribution in [1.29, 1.82) is 0 Å². The highest BCUT2D eigenvalue weighted by Gasteiger charge is 2.07. The van der Waals surface area contributed by atoms with Crippen LogP contribution in [0, 0.1) is 12.7 Å². The fourth-order valence-electron chi connectivity index (χ4n) is 2.00. The molecule has 0 unspecified atom stereocenters. The van der Waals surface area contributed by atoms with Crippen molar-refractivity contribution >= 4 is 17.5 Å². The lowest BCUT2D eigenvalue weighted by Gasteiger charge is -2.18. The monoisotopic (exact) mass is 288 g/mol. The number of hydrogen-bond donors (Lipinski definition) is 1. The molecule has 112 valence electrons. The lowest BCUT2D eigenvalue weighted by atomic mass is 10.3. The molecule has 0 aliphatic heterocycles. The Hall–Kier alpha value is -2.17. The summed E-state index contributed by atoms with van der Waals surface area (Å²) in [7, 11) is 1.98. The van der Waals surface area contributed by atoms with Gasteiger partial charge < -0.3 is 10.2 Å². The van der Waals surface area contributed by atoms with Crippen LogP contribution in [0.2, 0.25) is 0 Å². The number of aryl methyl sites for hydroxylation is 1. The zero-order valence-corrected chi connectivity index (χ0v) is 12.7. The van der Waals surface area contributed by atoms with Gasteiger partial charge in [-0.2, -0.15) is 4.98 Å². The van der Waals surface area contributed by atoms with Crippen LogP contribution < -0.4 is 10.2 Å². The molecule has 0 aliphatic rings. The maximum atomic E-state index is 13.2. The third kappa shape index (κ3) is 4.41. The van der Waals surface area contributed by atoms with Gasteiger partial charge in [0, 0.05) is 31.0 Å². The van der Waals surface area contributed by atoms with E-state index in [1.807, 2.05) is 24.9 Å². The number of nitrogens with zero attached hydrogens (tertiary/aromatic N) is 3. The predicted molar refractivity (Wildman–Crippen MR) is 84.6 cm³/mol. The minimum atomic E-state index is -0.272. The van der Waals surface area contributed by atoms with Gasteiger partial charge in [0.05, 0.1) is 0 Å². The van der Waals surface area contributed by atoms with Gasteiger partial charge in [-0.15, -0.1) is 0 Å². The van der Waals surface area contributed by atoms with Crippen molar-refractivity contribution in [3.8, 4) is 0 Å². The van der Waals surface area contributed by atoms with Crippen molar-refractivity contribution < 1.29 is 4.39 Å². The summed E-state index contributed by atoms with van der Waals surface area (Å²) in [5.41, 5.74) is 1.55.